The van der Waals surface area contributed by atoms with E-state index in [1.807, 2.05) is 11.8 Å². The monoisotopic (exact) mass is 143 g/mol. The fourth-order valence-corrected chi connectivity index (χ4v) is 2.03. The molecular weight excluding hydrogens is 130 g/mol. The largest absolute Gasteiger partial charge is 0.279 e. The van der Waals surface area contributed by atoms with E-state index in [0.717, 1.165) is 0 Å². The SMILES string of the molecule is CC[C@@H]1N=C(C)[C@H](C)S1. The molecule has 0 saturated carbocycles. The molecule has 0 radical (unpaired) electrons. The van der Waals surface area contributed by atoms with Crippen molar-refractivity contribution in [2.45, 2.75) is 37.8 Å². The maximum Gasteiger partial charge on any atom is 0.0954 e. The molecule has 9 heavy (non-hydrogen) atoms. The quantitative estimate of drug-likeness (QED) is 0.548. The van der Waals surface area contributed by atoms with E-state index >= 15 is 0 Å². The molecule has 0 aromatic heterocycles. The van der Waals surface area contributed by atoms with Crippen LogP contribution >= 0.6 is 11.8 Å². The molecule has 0 N–H and O–H groups in total. The van der Waals surface area contributed by atoms with Crippen LogP contribution in [0.4, 0.5) is 0 Å². The molecule has 0 unspecified atom stereocenters. The number of rotatable bonds is 1. The first-order valence-corrected chi connectivity index (χ1v) is 4.38. The number of hydrogen-bond donors (Lipinski definition) is 0. The zero-order valence-electron chi connectivity index (χ0n) is 6.22. The zero-order valence-corrected chi connectivity index (χ0v) is 7.03. The van der Waals surface area contributed by atoms with E-state index in [2.05, 4.69) is 25.8 Å². The number of nitrogens with zero attached hydrogens (tertiary/aromatic N) is 1. The van der Waals surface area contributed by atoms with Crippen LogP contribution in [0.25, 0.3) is 0 Å². The highest BCUT2D eigenvalue weighted by molar-refractivity contribution is 8.01. The summed E-state index contributed by atoms with van der Waals surface area (Å²) in [7, 11) is 0. The maximum absolute atomic E-state index is 4.47. The van der Waals surface area contributed by atoms with Crippen LogP contribution in [-0.2, 0) is 0 Å². The minimum Gasteiger partial charge on any atom is -0.279 e. The van der Waals surface area contributed by atoms with Crippen molar-refractivity contribution in [2.24, 2.45) is 4.99 Å². The molecular formula is C7H13NS. The smallest absolute Gasteiger partial charge is 0.0954 e. The van der Waals surface area contributed by atoms with Gasteiger partial charge in [-0.1, -0.05) is 6.92 Å². The molecule has 2 heteroatoms. The second kappa shape index (κ2) is 2.74. The summed E-state index contributed by atoms with van der Waals surface area (Å²) >= 11 is 1.97. The third-order valence-corrected chi connectivity index (χ3v) is 3.15. The van der Waals surface area contributed by atoms with Gasteiger partial charge in [0.15, 0.2) is 0 Å². The van der Waals surface area contributed by atoms with Crippen LogP contribution in [0.3, 0.4) is 0 Å². The van der Waals surface area contributed by atoms with Crippen LogP contribution in [0.5, 0.6) is 0 Å². The molecule has 1 aliphatic rings. The summed E-state index contributed by atoms with van der Waals surface area (Å²) < 4.78 is 0. The van der Waals surface area contributed by atoms with Gasteiger partial charge in [0.05, 0.1) is 5.37 Å². The first-order chi connectivity index (χ1) is 4.24. The second-order valence-corrected chi connectivity index (χ2v) is 3.94. The number of aliphatic imine (C=N–C) groups is 1. The molecule has 0 saturated heterocycles. The Balaban J connectivity index is 2.52. The lowest BCUT2D eigenvalue weighted by atomic mass is 10.3. The number of hydrogen-bond acceptors (Lipinski definition) is 2. The Labute approximate surface area is 60.9 Å². The molecule has 0 fully saturated rings. The average molecular weight is 143 g/mol. The molecule has 52 valence electrons. The molecule has 0 bridgehead atoms. The van der Waals surface area contributed by atoms with E-state index in [1.54, 1.807) is 0 Å². The summed E-state index contributed by atoms with van der Waals surface area (Å²) in [5, 5.41) is 1.22. The predicted octanol–water partition coefficient (Wildman–Crippen LogP) is 2.32. The van der Waals surface area contributed by atoms with Crippen LogP contribution in [0.2, 0.25) is 0 Å². The summed E-state index contributed by atoms with van der Waals surface area (Å²) in [4.78, 5) is 4.47. The lowest BCUT2D eigenvalue weighted by Crippen LogP contribution is -2.01. The highest BCUT2D eigenvalue weighted by Gasteiger charge is 2.19. The lowest BCUT2D eigenvalue weighted by molar-refractivity contribution is 0.880. The van der Waals surface area contributed by atoms with E-state index < -0.39 is 0 Å². The Morgan fingerprint density at radius 3 is 2.56 bits per heavy atom. The van der Waals surface area contributed by atoms with Crippen molar-refractivity contribution < 1.29 is 0 Å². The van der Waals surface area contributed by atoms with Crippen molar-refractivity contribution in [1.82, 2.24) is 0 Å². The Bertz CT molecular complexity index is 131. The van der Waals surface area contributed by atoms with Gasteiger partial charge in [-0.2, -0.15) is 0 Å². The third-order valence-electron chi connectivity index (χ3n) is 1.65. The Kier molecular flexibility index (Phi) is 2.17. The predicted molar refractivity (Wildman–Crippen MR) is 44.2 cm³/mol. The fourth-order valence-electron chi connectivity index (χ4n) is 0.884. The van der Waals surface area contributed by atoms with Crippen LogP contribution in [-0.4, -0.2) is 16.3 Å². The molecule has 0 spiro atoms. The molecule has 0 aromatic rings. The van der Waals surface area contributed by atoms with Crippen molar-refractivity contribution in [2.75, 3.05) is 0 Å². The van der Waals surface area contributed by atoms with Crippen LogP contribution in [0, 0.1) is 0 Å². The molecule has 0 amide bonds. The fraction of sp³-hybridized carbons (Fsp3) is 0.857. The second-order valence-electron chi connectivity index (χ2n) is 2.41. The van der Waals surface area contributed by atoms with Gasteiger partial charge in [0.25, 0.3) is 0 Å². The van der Waals surface area contributed by atoms with Gasteiger partial charge in [-0.15, -0.1) is 11.8 Å². The van der Waals surface area contributed by atoms with Gasteiger partial charge in [0, 0.05) is 11.0 Å². The highest BCUT2D eigenvalue weighted by Crippen LogP contribution is 2.28. The molecule has 1 rings (SSSR count). The van der Waals surface area contributed by atoms with E-state index in [-0.39, 0.29) is 0 Å². The van der Waals surface area contributed by atoms with Crippen LogP contribution in [0.15, 0.2) is 4.99 Å². The molecule has 0 aliphatic carbocycles. The van der Waals surface area contributed by atoms with E-state index in [1.165, 1.54) is 12.1 Å². The van der Waals surface area contributed by atoms with E-state index in [4.69, 9.17) is 0 Å². The van der Waals surface area contributed by atoms with Gasteiger partial charge < -0.3 is 0 Å². The van der Waals surface area contributed by atoms with E-state index in [0.29, 0.717) is 10.6 Å². The maximum atomic E-state index is 4.47. The van der Waals surface area contributed by atoms with Crippen molar-refractivity contribution in [3.05, 3.63) is 0 Å². The minimum atomic E-state index is 0.556. The molecule has 1 nitrogen and oxygen atoms in total. The Morgan fingerprint density at radius 2 is 2.33 bits per heavy atom. The summed E-state index contributed by atoms with van der Waals surface area (Å²) in [5.41, 5.74) is 1.31. The standard InChI is InChI=1S/C7H13NS/c1-4-7-8-5(2)6(3)9-7/h6-7H,4H2,1-3H3/t6-,7+/m0/s1. The van der Waals surface area contributed by atoms with Crippen molar-refractivity contribution in [3.63, 3.8) is 0 Å². The normalized spacial score (nSPS) is 34.8. The van der Waals surface area contributed by atoms with Gasteiger partial charge in [-0.05, 0) is 20.3 Å². The van der Waals surface area contributed by atoms with Crippen molar-refractivity contribution >= 4 is 17.5 Å². The zero-order chi connectivity index (χ0) is 6.85. The Morgan fingerprint density at radius 1 is 1.67 bits per heavy atom. The van der Waals surface area contributed by atoms with Crippen molar-refractivity contribution in [1.29, 1.82) is 0 Å². The lowest BCUT2D eigenvalue weighted by Gasteiger charge is -2.01. The van der Waals surface area contributed by atoms with Gasteiger partial charge in [-0.25, -0.2) is 0 Å². The summed E-state index contributed by atoms with van der Waals surface area (Å²) in [5.74, 6) is 0. The average Bonchev–Trinajstić information content (AvgIpc) is 2.13. The molecule has 1 aliphatic heterocycles. The molecule has 2 atom stereocenters. The summed E-state index contributed by atoms with van der Waals surface area (Å²) in [6.07, 6.45) is 1.17. The van der Waals surface area contributed by atoms with Gasteiger partial charge in [0.1, 0.15) is 0 Å². The first-order valence-electron chi connectivity index (χ1n) is 3.43. The van der Waals surface area contributed by atoms with Crippen molar-refractivity contribution in [3.8, 4) is 0 Å². The number of thioether (sulfide) groups is 1. The third kappa shape index (κ3) is 1.48. The Hall–Kier alpha value is 0.0200. The minimum absolute atomic E-state index is 0.556. The van der Waals surface area contributed by atoms with Crippen LogP contribution in [0.1, 0.15) is 27.2 Å². The van der Waals surface area contributed by atoms with Gasteiger partial charge >= 0.3 is 0 Å². The molecule has 1 heterocycles. The molecule has 0 aromatic carbocycles. The first kappa shape index (κ1) is 7.13. The topological polar surface area (TPSA) is 12.4 Å². The summed E-state index contributed by atoms with van der Waals surface area (Å²) in [6, 6.07) is 0. The van der Waals surface area contributed by atoms with Gasteiger partial charge in [0.2, 0.25) is 0 Å². The van der Waals surface area contributed by atoms with Crippen LogP contribution < -0.4 is 0 Å². The van der Waals surface area contributed by atoms with Gasteiger partial charge in [-0.3, -0.25) is 4.99 Å². The highest BCUT2D eigenvalue weighted by atomic mass is 32.2. The summed E-state index contributed by atoms with van der Waals surface area (Å²) in [6.45, 7) is 6.53. The van der Waals surface area contributed by atoms with E-state index in [9.17, 15) is 0 Å².